The Morgan fingerprint density at radius 3 is 2.73 bits per heavy atom. The predicted molar refractivity (Wildman–Crippen MR) is 104 cm³/mol. The molecule has 0 aliphatic rings. The topological polar surface area (TPSA) is 68.3 Å². The van der Waals surface area contributed by atoms with Crippen LogP contribution < -0.4 is 5.32 Å². The fourth-order valence-corrected chi connectivity index (χ4v) is 2.71. The van der Waals surface area contributed by atoms with Crippen molar-refractivity contribution < 1.29 is 13.6 Å². The summed E-state index contributed by atoms with van der Waals surface area (Å²) in [6, 6.07) is 16.6. The third kappa shape index (κ3) is 3.60. The number of aromatic nitrogens is 1. The molecule has 6 heteroatoms. The molecule has 0 aliphatic heterocycles. The van der Waals surface area contributed by atoms with E-state index in [4.69, 9.17) is 8.83 Å². The number of furan rings is 1. The number of anilines is 1. The van der Waals surface area contributed by atoms with Crippen LogP contribution in [0.3, 0.4) is 0 Å². The maximum absolute atomic E-state index is 12.0. The van der Waals surface area contributed by atoms with Crippen molar-refractivity contribution in [2.24, 2.45) is 0 Å². The summed E-state index contributed by atoms with van der Waals surface area (Å²) in [5, 5.41) is 2.80. The van der Waals surface area contributed by atoms with Gasteiger partial charge in [0, 0.05) is 21.8 Å². The lowest BCUT2D eigenvalue weighted by Gasteiger charge is -2.00. The number of nitrogens with one attached hydrogen (secondary N) is 1. The maximum atomic E-state index is 12.0. The molecule has 1 amide bonds. The van der Waals surface area contributed by atoms with Crippen molar-refractivity contribution in [1.82, 2.24) is 4.98 Å². The van der Waals surface area contributed by atoms with E-state index in [0.717, 1.165) is 10.0 Å². The monoisotopic (exact) mass is 408 g/mol. The third-order valence-electron chi connectivity index (χ3n) is 3.69. The summed E-state index contributed by atoms with van der Waals surface area (Å²) >= 11 is 3.41. The van der Waals surface area contributed by atoms with E-state index >= 15 is 0 Å². The van der Waals surface area contributed by atoms with Crippen LogP contribution in [-0.4, -0.2) is 10.9 Å². The number of hydrogen-bond donors (Lipinski definition) is 1. The fraction of sp³-hybridized carbons (Fsp3) is 0. The summed E-state index contributed by atoms with van der Waals surface area (Å²) in [5.41, 5.74) is 2.86. The minimum Gasteiger partial charge on any atom is -0.465 e. The Morgan fingerprint density at radius 1 is 1.12 bits per heavy atom. The van der Waals surface area contributed by atoms with Crippen molar-refractivity contribution in [1.29, 1.82) is 0 Å². The van der Waals surface area contributed by atoms with E-state index in [1.165, 1.54) is 6.08 Å². The molecule has 1 N–H and O–H groups in total. The van der Waals surface area contributed by atoms with Crippen LogP contribution in [0.4, 0.5) is 5.69 Å². The third-order valence-corrected chi connectivity index (χ3v) is 4.22. The Hall–Kier alpha value is -3.12. The molecule has 4 rings (SSSR count). The second-order valence-electron chi connectivity index (χ2n) is 5.55. The van der Waals surface area contributed by atoms with Crippen LogP contribution in [0.5, 0.6) is 0 Å². The van der Waals surface area contributed by atoms with Crippen LogP contribution in [0.1, 0.15) is 5.76 Å². The van der Waals surface area contributed by atoms with Gasteiger partial charge in [0.05, 0.1) is 6.26 Å². The number of fused-ring (bicyclic) bond motifs is 1. The molecular formula is C20H13BrN2O3. The lowest BCUT2D eigenvalue weighted by Crippen LogP contribution is -2.07. The number of rotatable bonds is 4. The largest absolute Gasteiger partial charge is 0.465 e. The molecule has 0 radical (unpaired) electrons. The molecule has 2 aromatic carbocycles. The van der Waals surface area contributed by atoms with Crippen molar-refractivity contribution in [3.05, 3.63) is 77.2 Å². The molecule has 26 heavy (non-hydrogen) atoms. The van der Waals surface area contributed by atoms with Crippen LogP contribution >= 0.6 is 15.9 Å². The lowest BCUT2D eigenvalue weighted by molar-refractivity contribution is -0.111. The van der Waals surface area contributed by atoms with Gasteiger partial charge in [-0.25, -0.2) is 4.98 Å². The molecule has 5 nitrogen and oxygen atoms in total. The van der Waals surface area contributed by atoms with Crippen LogP contribution in [0.15, 0.2) is 80.2 Å². The summed E-state index contributed by atoms with van der Waals surface area (Å²) in [6.45, 7) is 0. The molecule has 0 fully saturated rings. The average Bonchev–Trinajstić information content (AvgIpc) is 3.30. The quantitative estimate of drug-likeness (QED) is 0.452. The van der Waals surface area contributed by atoms with E-state index in [-0.39, 0.29) is 5.91 Å². The van der Waals surface area contributed by atoms with Gasteiger partial charge in [-0.2, -0.15) is 0 Å². The van der Waals surface area contributed by atoms with Crippen LogP contribution in [0.25, 0.3) is 28.6 Å². The predicted octanol–water partition coefficient (Wildman–Crippen LogP) is 5.50. The molecule has 4 aromatic rings. The second kappa shape index (κ2) is 7.01. The number of benzene rings is 2. The highest BCUT2D eigenvalue weighted by molar-refractivity contribution is 9.10. The number of nitrogens with zero attached hydrogens (tertiary/aromatic N) is 1. The summed E-state index contributed by atoms with van der Waals surface area (Å²) in [6.07, 6.45) is 4.58. The van der Waals surface area contributed by atoms with Crippen LogP contribution in [-0.2, 0) is 4.79 Å². The summed E-state index contributed by atoms with van der Waals surface area (Å²) in [5.74, 6) is 0.900. The molecule has 0 spiro atoms. The first-order valence-corrected chi connectivity index (χ1v) is 8.66. The van der Waals surface area contributed by atoms with E-state index in [9.17, 15) is 4.79 Å². The zero-order chi connectivity index (χ0) is 17.9. The first-order valence-electron chi connectivity index (χ1n) is 7.86. The standard InChI is InChI=1S/C20H13BrN2O3/c21-14-5-3-13(4-6-14)20-23-17-12-15(7-9-18(17)26-20)22-19(24)10-8-16-2-1-11-25-16/h1-12H,(H,22,24)/b10-8+. The smallest absolute Gasteiger partial charge is 0.248 e. The minimum absolute atomic E-state index is 0.252. The SMILES string of the molecule is O=C(/C=C/c1ccco1)Nc1ccc2oc(-c3ccc(Br)cc3)nc2c1. The molecule has 0 saturated carbocycles. The highest BCUT2D eigenvalue weighted by Gasteiger charge is 2.09. The van der Waals surface area contributed by atoms with Gasteiger partial charge in [0.25, 0.3) is 0 Å². The van der Waals surface area contributed by atoms with Gasteiger partial charge in [0.1, 0.15) is 11.3 Å². The van der Waals surface area contributed by atoms with E-state index in [1.807, 2.05) is 24.3 Å². The molecule has 0 atom stereocenters. The fourth-order valence-electron chi connectivity index (χ4n) is 2.45. The normalized spacial score (nSPS) is 11.3. The van der Waals surface area contributed by atoms with Gasteiger partial charge >= 0.3 is 0 Å². The van der Waals surface area contributed by atoms with Gasteiger partial charge in [-0.05, 0) is 60.7 Å². The summed E-state index contributed by atoms with van der Waals surface area (Å²) < 4.78 is 11.9. The van der Waals surface area contributed by atoms with Crippen molar-refractivity contribution in [3.63, 3.8) is 0 Å². The van der Waals surface area contributed by atoms with E-state index in [0.29, 0.717) is 28.4 Å². The molecule has 128 valence electrons. The Labute approximate surface area is 157 Å². The van der Waals surface area contributed by atoms with E-state index in [2.05, 4.69) is 26.2 Å². The number of oxazole rings is 1. The van der Waals surface area contributed by atoms with Crippen LogP contribution in [0.2, 0.25) is 0 Å². The average molecular weight is 409 g/mol. The van der Waals surface area contributed by atoms with Crippen LogP contribution in [0, 0.1) is 0 Å². The zero-order valence-electron chi connectivity index (χ0n) is 13.5. The summed E-state index contributed by atoms with van der Waals surface area (Å²) in [7, 11) is 0. The first kappa shape index (κ1) is 16.4. The number of amides is 1. The highest BCUT2D eigenvalue weighted by Crippen LogP contribution is 2.27. The molecule has 2 heterocycles. The molecular weight excluding hydrogens is 396 g/mol. The molecule has 0 aliphatic carbocycles. The summed E-state index contributed by atoms with van der Waals surface area (Å²) in [4.78, 5) is 16.5. The van der Waals surface area contributed by atoms with Crippen molar-refractivity contribution in [3.8, 4) is 11.5 Å². The number of hydrogen-bond acceptors (Lipinski definition) is 4. The number of carbonyl (C=O) groups excluding carboxylic acids is 1. The number of halogens is 1. The Balaban J connectivity index is 1.53. The molecule has 2 aromatic heterocycles. The maximum Gasteiger partial charge on any atom is 0.248 e. The van der Waals surface area contributed by atoms with Crippen molar-refractivity contribution in [2.45, 2.75) is 0 Å². The van der Waals surface area contributed by atoms with Gasteiger partial charge in [0.2, 0.25) is 11.8 Å². The first-order chi connectivity index (χ1) is 12.7. The number of carbonyl (C=O) groups is 1. The van der Waals surface area contributed by atoms with Crippen molar-refractivity contribution >= 4 is 44.7 Å². The minimum atomic E-state index is -0.252. The molecule has 0 bridgehead atoms. The van der Waals surface area contributed by atoms with E-state index < -0.39 is 0 Å². The van der Waals surface area contributed by atoms with Gasteiger partial charge in [-0.3, -0.25) is 4.79 Å². The lowest BCUT2D eigenvalue weighted by atomic mass is 10.2. The molecule has 0 unspecified atom stereocenters. The van der Waals surface area contributed by atoms with Gasteiger partial charge in [-0.15, -0.1) is 0 Å². The second-order valence-corrected chi connectivity index (χ2v) is 6.46. The Morgan fingerprint density at radius 2 is 1.96 bits per heavy atom. The Bertz CT molecular complexity index is 1080. The van der Waals surface area contributed by atoms with Gasteiger partial charge < -0.3 is 14.2 Å². The van der Waals surface area contributed by atoms with Crippen molar-refractivity contribution in [2.75, 3.05) is 5.32 Å². The highest BCUT2D eigenvalue weighted by atomic mass is 79.9. The Kier molecular flexibility index (Phi) is 4.41. The van der Waals surface area contributed by atoms with Gasteiger partial charge in [-0.1, -0.05) is 15.9 Å². The zero-order valence-corrected chi connectivity index (χ0v) is 15.1. The molecule has 0 saturated heterocycles. The van der Waals surface area contributed by atoms with Gasteiger partial charge in [0.15, 0.2) is 5.58 Å². The van der Waals surface area contributed by atoms with E-state index in [1.54, 1.807) is 42.7 Å².